The molecule has 1 rings (SSSR count). The molecule has 0 aliphatic rings. The molecule has 1 aromatic carbocycles. The summed E-state index contributed by atoms with van der Waals surface area (Å²) in [6, 6.07) is 5.14. The van der Waals surface area contributed by atoms with Crippen molar-refractivity contribution < 1.29 is 10.2 Å². The summed E-state index contributed by atoms with van der Waals surface area (Å²) in [5.41, 5.74) is 0.674. The van der Waals surface area contributed by atoms with E-state index in [9.17, 15) is 5.11 Å². The van der Waals surface area contributed by atoms with Gasteiger partial charge in [0.1, 0.15) is 0 Å². The lowest BCUT2D eigenvalue weighted by atomic mass is 10.1. The van der Waals surface area contributed by atoms with Gasteiger partial charge in [-0.05, 0) is 17.7 Å². The molecule has 0 amide bonds. The highest BCUT2D eigenvalue weighted by Crippen LogP contribution is 2.25. The summed E-state index contributed by atoms with van der Waals surface area (Å²) >= 11 is 11.7. The molecule has 0 saturated carbocycles. The van der Waals surface area contributed by atoms with Crippen LogP contribution in [0.25, 0.3) is 0 Å². The largest absolute Gasteiger partial charge is 0.394 e. The fourth-order valence-corrected chi connectivity index (χ4v) is 1.58. The van der Waals surface area contributed by atoms with Gasteiger partial charge < -0.3 is 10.2 Å². The molecule has 13 heavy (non-hydrogen) atoms. The fourth-order valence-electron chi connectivity index (χ4n) is 1.03. The summed E-state index contributed by atoms with van der Waals surface area (Å²) in [7, 11) is 0. The molecule has 0 aromatic heterocycles. The quantitative estimate of drug-likeness (QED) is 0.818. The predicted octanol–water partition coefficient (Wildman–Crippen LogP) is 1.89. The van der Waals surface area contributed by atoms with Gasteiger partial charge in [0.25, 0.3) is 0 Å². The summed E-state index contributed by atoms with van der Waals surface area (Å²) in [6.45, 7) is -0.290. The van der Waals surface area contributed by atoms with Crippen LogP contribution in [0.5, 0.6) is 0 Å². The van der Waals surface area contributed by atoms with Crippen molar-refractivity contribution in [3.05, 3.63) is 33.8 Å². The van der Waals surface area contributed by atoms with E-state index in [2.05, 4.69) is 0 Å². The Morgan fingerprint density at radius 3 is 2.23 bits per heavy atom. The third-order valence-electron chi connectivity index (χ3n) is 1.71. The van der Waals surface area contributed by atoms with Crippen LogP contribution in [0.3, 0.4) is 0 Å². The fraction of sp³-hybridized carbons (Fsp3) is 0.333. The topological polar surface area (TPSA) is 40.5 Å². The molecule has 0 aliphatic heterocycles. The number of hydrogen-bond donors (Lipinski definition) is 2. The Kier molecular flexibility index (Phi) is 4.00. The Bertz CT molecular complexity index is 269. The molecule has 0 radical (unpaired) electrons. The highest BCUT2D eigenvalue weighted by atomic mass is 35.5. The first kappa shape index (κ1) is 10.8. The average Bonchev–Trinajstić information content (AvgIpc) is 2.11. The van der Waals surface area contributed by atoms with Gasteiger partial charge in [0.2, 0.25) is 0 Å². The zero-order valence-corrected chi connectivity index (χ0v) is 8.39. The molecule has 0 aliphatic carbocycles. The van der Waals surface area contributed by atoms with E-state index in [4.69, 9.17) is 28.3 Å². The van der Waals surface area contributed by atoms with Gasteiger partial charge in [0, 0.05) is 16.5 Å². The highest BCUT2D eigenvalue weighted by molar-refractivity contribution is 6.35. The molecule has 2 nitrogen and oxygen atoms in total. The third-order valence-corrected chi connectivity index (χ3v) is 2.42. The van der Waals surface area contributed by atoms with Gasteiger partial charge in [0.15, 0.2) is 0 Å². The zero-order valence-electron chi connectivity index (χ0n) is 6.87. The molecule has 72 valence electrons. The molecular weight excluding hydrogens is 211 g/mol. The highest BCUT2D eigenvalue weighted by Gasteiger charge is 2.10. The number of rotatable bonds is 3. The van der Waals surface area contributed by atoms with E-state index in [1.807, 2.05) is 0 Å². The Balaban J connectivity index is 2.87. The number of halogens is 2. The first-order chi connectivity index (χ1) is 6.15. The van der Waals surface area contributed by atoms with Crippen molar-refractivity contribution in [2.45, 2.75) is 12.5 Å². The first-order valence-electron chi connectivity index (χ1n) is 3.87. The maximum Gasteiger partial charge on any atom is 0.0812 e. The zero-order chi connectivity index (χ0) is 9.84. The van der Waals surface area contributed by atoms with Crippen LogP contribution in [0.15, 0.2) is 18.2 Å². The lowest BCUT2D eigenvalue weighted by Crippen LogP contribution is -2.15. The minimum absolute atomic E-state index is 0.273. The Labute approximate surface area is 86.7 Å². The SMILES string of the molecule is OC[C@@H](O)Cc1c(Cl)cccc1Cl. The maximum atomic E-state index is 9.19. The number of hydrogen-bond acceptors (Lipinski definition) is 2. The minimum Gasteiger partial charge on any atom is -0.394 e. The third kappa shape index (κ3) is 2.85. The van der Waals surface area contributed by atoms with Crippen LogP contribution < -0.4 is 0 Å². The number of benzene rings is 1. The van der Waals surface area contributed by atoms with E-state index in [0.717, 1.165) is 0 Å². The van der Waals surface area contributed by atoms with Crippen LogP contribution in [0.2, 0.25) is 10.0 Å². The molecular formula is C9H10Cl2O2. The molecule has 0 saturated heterocycles. The molecule has 2 N–H and O–H groups in total. The lowest BCUT2D eigenvalue weighted by Gasteiger charge is -2.10. The van der Waals surface area contributed by atoms with E-state index in [1.54, 1.807) is 18.2 Å². The lowest BCUT2D eigenvalue weighted by molar-refractivity contribution is 0.0955. The average molecular weight is 221 g/mol. The van der Waals surface area contributed by atoms with E-state index in [0.29, 0.717) is 15.6 Å². The summed E-state index contributed by atoms with van der Waals surface area (Å²) in [4.78, 5) is 0. The first-order valence-corrected chi connectivity index (χ1v) is 4.62. The molecule has 0 bridgehead atoms. The maximum absolute atomic E-state index is 9.19. The second-order valence-corrected chi connectivity index (χ2v) is 3.56. The van der Waals surface area contributed by atoms with Crippen molar-refractivity contribution in [1.82, 2.24) is 0 Å². The molecule has 1 aromatic rings. The van der Waals surface area contributed by atoms with Crippen molar-refractivity contribution in [1.29, 1.82) is 0 Å². The Morgan fingerprint density at radius 1 is 1.23 bits per heavy atom. The normalized spacial score (nSPS) is 12.9. The van der Waals surface area contributed by atoms with Crippen molar-refractivity contribution >= 4 is 23.2 Å². The minimum atomic E-state index is -0.808. The van der Waals surface area contributed by atoms with Crippen LogP contribution in [0.1, 0.15) is 5.56 Å². The van der Waals surface area contributed by atoms with Crippen molar-refractivity contribution in [2.75, 3.05) is 6.61 Å². The monoisotopic (exact) mass is 220 g/mol. The van der Waals surface area contributed by atoms with Gasteiger partial charge in [0.05, 0.1) is 12.7 Å². The van der Waals surface area contributed by atoms with Crippen LogP contribution >= 0.6 is 23.2 Å². The van der Waals surface area contributed by atoms with Crippen molar-refractivity contribution in [3.63, 3.8) is 0 Å². The van der Waals surface area contributed by atoms with E-state index in [1.165, 1.54) is 0 Å². The molecule has 0 heterocycles. The summed E-state index contributed by atoms with van der Waals surface area (Å²) in [6.07, 6.45) is -0.535. The van der Waals surface area contributed by atoms with Crippen LogP contribution in [-0.4, -0.2) is 22.9 Å². The Morgan fingerprint density at radius 2 is 1.77 bits per heavy atom. The van der Waals surface area contributed by atoms with Gasteiger partial charge in [-0.15, -0.1) is 0 Å². The van der Waals surface area contributed by atoms with Gasteiger partial charge in [-0.3, -0.25) is 0 Å². The molecule has 0 spiro atoms. The van der Waals surface area contributed by atoms with Crippen LogP contribution in [0, 0.1) is 0 Å². The van der Waals surface area contributed by atoms with Crippen LogP contribution in [0.4, 0.5) is 0 Å². The number of aliphatic hydroxyl groups excluding tert-OH is 2. The molecule has 4 heteroatoms. The van der Waals surface area contributed by atoms with E-state index in [-0.39, 0.29) is 13.0 Å². The van der Waals surface area contributed by atoms with Crippen LogP contribution in [-0.2, 0) is 6.42 Å². The second kappa shape index (κ2) is 4.82. The summed E-state index contributed by atoms with van der Waals surface area (Å²) in [5.74, 6) is 0. The molecule has 0 unspecified atom stereocenters. The predicted molar refractivity (Wildman–Crippen MR) is 53.3 cm³/mol. The summed E-state index contributed by atoms with van der Waals surface area (Å²) in [5, 5.41) is 18.9. The van der Waals surface area contributed by atoms with Gasteiger partial charge in [-0.1, -0.05) is 29.3 Å². The smallest absolute Gasteiger partial charge is 0.0812 e. The van der Waals surface area contributed by atoms with E-state index < -0.39 is 6.10 Å². The van der Waals surface area contributed by atoms with Gasteiger partial charge in [-0.2, -0.15) is 0 Å². The molecule has 0 fully saturated rings. The molecule has 1 atom stereocenters. The Hall–Kier alpha value is -0.280. The van der Waals surface area contributed by atoms with Crippen molar-refractivity contribution in [3.8, 4) is 0 Å². The van der Waals surface area contributed by atoms with Gasteiger partial charge in [-0.25, -0.2) is 0 Å². The standard InChI is InChI=1S/C9H10Cl2O2/c10-8-2-1-3-9(11)7(8)4-6(13)5-12/h1-3,6,12-13H,4-5H2/t6-/m0/s1. The van der Waals surface area contributed by atoms with Crippen molar-refractivity contribution in [2.24, 2.45) is 0 Å². The van der Waals surface area contributed by atoms with Gasteiger partial charge >= 0.3 is 0 Å². The summed E-state index contributed by atoms with van der Waals surface area (Å²) < 4.78 is 0. The van der Waals surface area contributed by atoms with E-state index >= 15 is 0 Å². The number of aliphatic hydroxyl groups is 2. The second-order valence-electron chi connectivity index (χ2n) is 2.74.